The summed E-state index contributed by atoms with van der Waals surface area (Å²) in [5.41, 5.74) is 1.37. The van der Waals surface area contributed by atoms with Crippen molar-refractivity contribution in [3.8, 4) is 6.07 Å². The second kappa shape index (κ2) is 9.87. The van der Waals surface area contributed by atoms with Crippen LogP contribution in [0.5, 0.6) is 0 Å². The Morgan fingerprint density at radius 3 is 2.59 bits per heavy atom. The van der Waals surface area contributed by atoms with Crippen molar-refractivity contribution in [2.75, 3.05) is 44.6 Å². The maximum atomic E-state index is 12.2. The van der Waals surface area contributed by atoms with E-state index in [1.54, 1.807) is 24.3 Å². The highest BCUT2D eigenvalue weighted by atomic mass is 16.1. The van der Waals surface area contributed by atoms with E-state index in [1.165, 1.54) is 45.3 Å². The normalized spacial score (nSPS) is 22.3. The molecular formula is C22H32N4O. The zero-order valence-electron chi connectivity index (χ0n) is 16.5. The Bertz CT molecular complexity index is 643. The van der Waals surface area contributed by atoms with E-state index < -0.39 is 0 Å². The van der Waals surface area contributed by atoms with Crippen molar-refractivity contribution in [3.05, 3.63) is 29.8 Å². The number of nitrogens with one attached hydrogen (secondary N) is 1. The summed E-state index contributed by atoms with van der Waals surface area (Å²) < 4.78 is 0. The first kappa shape index (κ1) is 19.9. The lowest BCUT2D eigenvalue weighted by Crippen LogP contribution is -2.43. The van der Waals surface area contributed by atoms with Gasteiger partial charge in [-0.1, -0.05) is 6.92 Å². The van der Waals surface area contributed by atoms with Crippen LogP contribution in [0.15, 0.2) is 24.3 Å². The Morgan fingerprint density at radius 1 is 1.15 bits per heavy atom. The van der Waals surface area contributed by atoms with Gasteiger partial charge in [0.2, 0.25) is 5.91 Å². The van der Waals surface area contributed by atoms with Crippen LogP contribution < -0.4 is 5.32 Å². The highest BCUT2D eigenvalue weighted by Gasteiger charge is 2.24. The monoisotopic (exact) mass is 368 g/mol. The highest BCUT2D eigenvalue weighted by Crippen LogP contribution is 2.22. The molecule has 1 aromatic carbocycles. The van der Waals surface area contributed by atoms with Crippen molar-refractivity contribution < 1.29 is 4.79 Å². The van der Waals surface area contributed by atoms with E-state index in [4.69, 9.17) is 5.26 Å². The Hall–Kier alpha value is -1.90. The van der Waals surface area contributed by atoms with Gasteiger partial charge in [0, 0.05) is 31.7 Å². The fourth-order valence-electron chi connectivity index (χ4n) is 4.22. The van der Waals surface area contributed by atoms with Gasteiger partial charge in [-0.15, -0.1) is 0 Å². The summed E-state index contributed by atoms with van der Waals surface area (Å²) in [6.07, 6.45) is 5.76. The third-order valence-electron chi connectivity index (χ3n) is 5.95. The number of amides is 1. The molecule has 0 spiro atoms. The molecule has 3 rings (SSSR count). The zero-order valence-corrected chi connectivity index (χ0v) is 16.5. The van der Waals surface area contributed by atoms with Crippen molar-refractivity contribution in [1.82, 2.24) is 9.80 Å². The topological polar surface area (TPSA) is 59.4 Å². The number of hydrogen-bond donors (Lipinski definition) is 1. The van der Waals surface area contributed by atoms with Gasteiger partial charge in [-0.3, -0.25) is 4.79 Å². The standard InChI is InChI=1S/C22H32N4O/c1-18-8-12-26(13-9-18)17-20-3-2-11-25(16-20)14-10-22(27)24-21-6-4-19(15-23)5-7-21/h4-7,18,20H,2-3,8-14,16-17H2,1H3,(H,24,27). The maximum Gasteiger partial charge on any atom is 0.225 e. The zero-order chi connectivity index (χ0) is 19.1. The number of likely N-dealkylation sites (tertiary alicyclic amines) is 2. The fourth-order valence-corrected chi connectivity index (χ4v) is 4.22. The molecule has 0 bridgehead atoms. The quantitative estimate of drug-likeness (QED) is 0.837. The molecule has 1 aromatic rings. The van der Waals surface area contributed by atoms with Gasteiger partial charge in [-0.05, 0) is 81.4 Å². The third kappa shape index (κ3) is 6.34. The molecule has 27 heavy (non-hydrogen) atoms. The lowest BCUT2D eigenvalue weighted by Gasteiger charge is -2.37. The van der Waals surface area contributed by atoms with Crippen molar-refractivity contribution in [2.24, 2.45) is 11.8 Å². The molecule has 2 fully saturated rings. The summed E-state index contributed by atoms with van der Waals surface area (Å²) >= 11 is 0. The summed E-state index contributed by atoms with van der Waals surface area (Å²) in [4.78, 5) is 17.3. The van der Waals surface area contributed by atoms with Gasteiger partial charge < -0.3 is 15.1 Å². The molecule has 1 atom stereocenters. The highest BCUT2D eigenvalue weighted by molar-refractivity contribution is 5.90. The van der Waals surface area contributed by atoms with Crippen LogP contribution in [-0.4, -0.2) is 55.0 Å². The van der Waals surface area contributed by atoms with E-state index in [2.05, 4.69) is 28.1 Å². The minimum Gasteiger partial charge on any atom is -0.326 e. The van der Waals surface area contributed by atoms with Gasteiger partial charge in [0.15, 0.2) is 0 Å². The molecule has 146 valence electrons. The molecule has 1 unspecified atom stereocenters. The number of piperidine rings is 2. The fraction of sp³-hybridized carbons (Fsp3) is 0.636. The number of carbonyl (C=O) groups excluding carboxylic acids is 1. The first-order chi connectivity index (χ1) is 13.1. The Kier molecular flexibility index (Phi) is 7.25. The molecule has 2 aliphatic heterocycles. The minimum absolute atomic E-state index is 0.0480. The van der Waals surface area contributed by atoms with E-state index >= 15 is 0 Å². The molecule has 2 saturated heterocycles. The molecule has 0 aromatic heterocycles. The summed E-state index contributed by atoms with van der Waals surface area (Å²) in [6, 6.07) is 9.11. The van der Waals surface area contributed by atoms with Gasteiger partial charge in [-0.25, -0.2) is 0 Å². The van der Waals surface area contributed by atoms with Crippen LogP contribution in [0.1, 0.15) is 44.6 Å². The summed E-state index contributed by atoms with van der Waals surface area (Å²) in [7, 11) is 0. The Morgan fingerprint density at radius 2 is 1.89 bits per heavy atom. The summed E-state index contributed by atoms with van der Waals surface area (Å²) in [5, 5.41) is 11.8. The first-order valence-electron chi connectivity index (χ1n) is 10.4. The smallest absolute Gasteiger partial charge is 0.225 e. The lowest BCUT2D eigenvalue weighted by atomic mass is 9.94. The summed E-state index contributed by atoms with van der Waals surface area (Å²) in [5.74, 6) is 1.68. The molecule has 0 radical (unpaired) electrons. The molecule has 2 aliphatic rings. The van der Waals surface area contributed by atoms with Crippen LogP contribution in [0, 0.1) is 23.2 Å². The largest absolute Gasteiger partial charge is 0.326 e. The molecule has 0 aliphatic carbocycles. The van der Waals surface area contributed by atoms with Crippen molar-refractivity contribution in [3.63, 3.8) is 0 Å². The molecule has 1 amide bonds. The second-order valence-corrected chi connectivity index (χ2v) is 8.28. The van der Waals surface area contributed by atoms with E-state index in [9.17, 15) is 4.79 Å². The Labute approximate surface area is 163 Å². The van der Waals surface area contributed by atoms with Gasteiger partial charge in [-0.2, -0.15) is 5.26 Å². The van der Waals surface area contributed by atoms with Gasteiger partial charge in [0.05, 0.1) is 11.6 Å². The third-order valence-corrected chi connectivity index (χ3v) is 5.95. The van der Waals surface area contributed by atoms with E-state index in [0.717, 1.165) is 37.2 Å². The average molecular weight is 369 g/mol. The van der Waals surface area contributed by atoms with Crippen LogP contribution in [0.25, 0.3) is 0 Å². The van der Waals surface area contributed by atoms with Crippen LogP contribution in [0.4, 0.5) is 5.69 Å². The molecule has 1 N–H and O–H groups in total. The lowest BCUT2D eigenvalue weighted by molar-refractivity contribution is -0.116. The first-order valence-corrected chi connectivity index (χ1v) is 10.4. The molecule has 5 nitrogen and oxygen atoms in total. The molecular weight excluding hydrogens is 336 g/mol. The van der Waals surface area contributed by atoms with Crippen LogP contribution in [0.2, 0.25) is 0 Å². The Balaban J connectivity index is 1.38. The van der Waals surface area contributed by atoms with Gasteiger partial charge in [0.1, 0.15) is 0 Å². The van der Waals surface area contributed by atoms with Gasteiger partial charge in [0.25, 0.3) is 0 Å². The minimum atomic E-state index is 0.0480. The number of rotatable bonds is 6. The molecule has 0 saturated carbocycles. The maximum absolute atomic E-state index is 12.2. The number of benzene rings is 1. The number of nitriles is 1. The van der Waals surface area contributed by atoms with Gasteiger partial charge >= 0.3 is 0 Å². The SMILES string of the molecule is CC1CCN(CC2CCCN(CCC(=O)Nc3ccc(C#N)cc3)C2)CC1. The predicted molar refractivity (Wildman–Crippen MR) is 108 cm³/mol. The summed E-state index contributed by atoms with van der Waals surface area (Å²) in [6.45, 7) is 9.15. The van der Waals surface area contributed by atoms with Crippen molar-refractivity contribution >= 4 is 11.6 Å². The molecule has 2 heterocycles. The number of anilines is 1. The average Bonchev–Trinajstić information content (AvgIpc) is 2.69. The van der Waals surface area contributed by atoms with Crippen LogP contribution in [-0.2, 0) is 4.79 Å². The van der Waals surface area contributed by atoms with E-state index in [-0.39, 0.29) is 5.91 Å². The predicted octanol–water partition coefficient (Wildman–Crippen LogP) is 3.33. The number of nitrogens with zero attached hydrogens (tertiary/aromatic N) is 3. The molecule has 5 heteroatoms. The van der Waals surface area contributed by atoms with Crippen molar-refractivity contribution in [1.29, 1.82) is 5.26 Å². The van der Waals surface area contributed by atoms with E-state index in [1.807, 2.05) is 0 Å². The van der Waals surface area contributed by atoms with Crippen molar-refractivity contribution in [2.45, 2.75) is 39.0 Å². The number of hydrogen-bond acceptors (Lipinski definition) is 4. The number of carbonyl (C=O) groups is 1. The second-order valence-electron chi connectivity index (χ2n) is 8.28. The van der Waals surface area contributed by atoms with E-state index in [0.29, 0.717) is 12.0 Å². The van der Waals surface area contributed by atoms with Crippen LogP contribution >= 0.6 is 0 Å². The van der Waals surface area contributed by atoms with Crippen LogP contribution in [0.3, 0.4) is 0 Å².